The van der Waals surface area contributed by atoms with Crippen LogP contribution >= 0.6 is 0 Å². The van der Waals surface area contributed by atoms with Gasteiger partial charge in [-0.05, 0) is 48.6 Å². The van der Waals surface area contributed by atoms with Crippen molar-refractivity contribution in [2.75, 3.05) is 0 Å². The fraction of sp³-hybridized carbons (Fsp3) is 0.579. The van der Waals surface area contributed by atoms with Crippen LogP contribution in [0.2, 0.25) is 0 Å². The predicted octanol–water partition coefficient (Wildman–Crippen LogP) is 5.95. The second-order valence-corrected chi connectivity index (χ2v) is 6.80. The first kappa shape index (κ1) is 16.0. The molecule has 0 atom stereocenters. The van der Waals surface area contributed by atoms with Crippen molar-refractivity contribution in [2.24, 2.45) is 5.41 Å². The Bertz CT molecular complexity index is 351. The van der Waals surface area contributed by atoms with Gasteiger partial charge >= 0.3 is 0 Å². The van der Waals surface area contributed by atoms with Gasteiger partial charge in [-0.15, -0.1) is 6.58 Å². The van der Waals surface area contributed by atoms with Crippen LogP contribution < -0.4 is 0 Å². The maximum atomic E-state index is 3.76. The molecule has 106 valence electrons. The Morgan fingerprint density at radius 1 is 0.895 bits per heavy atom. The molecular weight excluding hydrogens is 228 g/mol. The predicted molar refractivity (Wildman–Crippen MR) is 86.6 cm³/mol. The Kier molecular flexibility index (Phi) is 6.91. The molecule has 0 radical (unpaired) electrons. The molecule has 1 aromatic rings. The zero-order chi connectivity index (χ0) is 14.1. The monoisotopic (exact) mass is 258 g/mol. The van der Waals surface area contributed by atoms with Crippen LogP contribution in [0.5, 0.6) is 0 Å². The van der Waals surface area contributed by atoms with E-state index in [4.69, 9.17) is 0 Å². The average molecular weight is 258 g/mol. The van der Waals surface area contributed by atoms with Crippen molar-refractivity contribution in [1.29, 1.82) is 0 Å². The summed E-state index contributed by atoms with van der Waals surface area (Å²) in [6, 6.07) is 9.23. The topological polar surface area (TPSA) is 0 Å². The van der Waals surface area contributed by atoms with Crippen LogP contribution in [0.25, 0.3) is 0 Å². The van der Waals surface area contributed by atoms with Gasteiger partial charge in [-0.1, -0.05) is 64.0 Å². The van der Waals surface area contributed by atoms with Gasteiger partial charge in [0.2, 0.25) is 0 Å². The highest BCUT2D eigenvalue weighted by molar-refractivity contribution is 5.23. The Morgan fingerprint density at radius 2 is 1.47 bits per heavy atom. The first-order valence-corrected chi connectivity index (χ1v) is 7.70. The smallest absolute Gasteiger partial charge is 0.0230 e. The maximum absolute atomic E-state index is 3.76. The summed E-state index contributed by atoms with van der Waals surface area (Å²) in [7, 11) is 0. The van der Waals surface area contributed by atoms with E-state index in [-0.39, 0.29) is 0 Å². The van der Waals surface area contributed by atoms with E-state index in [2.05, 4.69) is 51.6 Å². The molecule has 0 amide bonds. The number of unbranched alkanes of at least 4 members (excludes halogenated alkanes) is 4. The van der Waals surface area contributed by atoms with Crippen LogP contribution in [0.1, 0.15) is 64.0 Å². The normalized spacial score (nSPS) is 11.5. The highest BCUT2D eigenvalue weighted by Crippen LogP contribution is 2.21. The molecule has 0 aliphatic carbocycles. The van der Waals surface area contributed by atoms with Crippen LogP contribution in [0.4, 0.5) is 0 Å². The summed E-state index contributed by atoms with van der Waals surface area (Å²) in [4.78, 5) is 0. The van der Waals surface area contributed by atoms with Crippen LogP contribution in [0, 0.1) is 5.41 Å². The van der Waals surface area contributed by atoms with Crippen LogP contribution in [0.15, 0.2) is 36.9 Å². The van der Waals surface area contributed by atoms with Crippen molar-refractivity contribution >= 4 is 0 Å². The van der Waals surface area contributed by atoms with Gasteiger partial charge in [0.05, 0.1) is 0 Å². The molecule has 0 saturated carbocycles. The summed E-state index contributed by atoms with van der Waals surface area (Å²) in [5.41, 5.74) is 3.33. The molecule has 0 nitrogen and oxygen atoms in total. The minimum atomic E-state index is 0.382. The SMILES string of the molecule is C=CCCCCCCc1ccc(CC(C)(C)C)cc1. The summed E-state index contributed by atoms with van der Waals surface area (Å²) < 4.78 is 0. The second-order valence-electron chi connectivity index (χ2n) is 6.80. The summed E-state index contributed by atoms with van der Waals surface area (Å²) in [6.45, 7) is 10.6. The van der Waals surface area contributed by atoms with E-state index in [0.29, 0.717) is 5.41 Å². The molecule has 0 aliphatic heterocycles. The lowest BCUT2D eigenvalue weighted by atomic mass is 9.88. The molecule has 0 heterocycles. The van der Waals surface area contributed by atoms with Gasteiger partial charge < -0.3 is 0 Å². The molecule has 0 spiro atoms. The molecule has 0 fully saturated rings. The van der Waals surface area contributed by atoms with Crippen molar-refractivity contribution in [3.05, 3.63) is 48.0 Å². The standard InChI is InChI=1S/C19H30/c1-5-6-7-8-9-10-11-17-12-14-18(15-13-17)16-19(2,3)4/h5,12-15H,1,6-11,16H2,2-4H3. The first-order chi connectivity index (χ1) is 9.01. The molecule has 1 rings (SSSR count). The quantitative estimate of drug-likeness (QED) is 0.399. The summed E-state index contributed by atoms with van der Waals surface area (Å²) >= 11 is 0. The van der Waals surface area contributed by atoms with E-state index in [1.165, 1.54) is 49.7 Å². The molecule has 0 unspecified atom stereocenters. The zero-order valence-electron chi connectivity index (χ0n) is 13.0. The number of rotatable bonds is 8. The van der Waals surface area contributed by atoms with Gasteiger partial charge in [0.15, 0.2) is 0 Å². The minimum absolute atomic E-state index is 0.382. The lowest BCUT2D eigenvalue weighted by Crippen LogP contribution is -2.08. The Morgan fingerprint density at radius 3 is 2.05 bits per heavy atom. The third-order valence-electron chi connectivity index (χ3n) is 3.38. The fourth-order valence-electron chi connectivity index (χ4n) is 2.41. The average Bonchev–Trinajstić information content (AvgIpc) is 2.34. The second kappa shape index (κ2) is 8.19. The van der Waals surface area contributed by atoms with Crippen molar-refractivity contribution in [1.82, 2.24) is 0 Å². The number of allylic oxidation sites excluding steroid dienone is 1. The van der Waals surface area contributed by atoms with Crippen molar-refractivity contribution < 1.29 is 0 Å². The molecule has 0 aliphatic rings. The lowest BCUT2D eigenvalue weighted by molar-refractivity contribution is 0.411. The molecule has 1 aromatic carbocycles. The highest BCUT2D eigenvalue weighted by atomic mass is 14.2. The van der Waals surface area contributed by atoms with Gasteiger partial charge in [-0.3, -0.25) is 0 Å². The van der Waals surface area contributed by atoms with Gasteiger partial charge in [0, 0.05) is 0 Å². The van der Waals surface area contributed by atoms with Crippen LogP contribution in [0.3, 0.4) is 0 Å². The van der Waals surface area contributed by atoms with Gasteiger partial charge in [-0.25, -0.2) is 0 Å². The van der Waals surface area contributed by atoms with Crippen LogP contribution in [-0.2, 0) is 12.8 Å². The van der Waals surface area contributed by atoms with E-state index < -0.39 is 0 Å². The van der Waals surface area contributed by atoms with E-state index in [0.717, 1.165) is 6.42 Å². The van der Waals surface area contributed by atoms with Crippen molar-refractivity contribution in [2.45, 2.75) is 65.7 Å². The molecule has 0 bridgehead atoms. The maximum Gasteiger partial charge on any atom is -0.0230 e. The number of benzene rings is 1. The molecule has 0 saturated heterocycles. The lowest BCUT2D eigenvalue weighted by Gasteiger charge is -2.18. The molecule has 0 N–H and O–H groups in total. The summed E-state index contributed by atoms with van der Waals surface area (Å²) in [5, 5.41) is 0. The Balaban J connectivity index is 2.26. The Labute approximate surface area is 119 Å². The van der Waals surface area contributed by atoms with Crippen LogP contribution in [-0.4, -0.2) is 0 Å². The molecule has 0 aromatic heterocycles. The number of hydrogen-bond acceptors (Lipinski definition) is 0. The van der Waals surface area contributed by atoms with Gasteiger partial charge in [0.25, 0.3) is 0 Å². The third kappa shape index (κ3) is 7.87. The third-order valence-corrected chi connectivity index (χ3v) is 3.38. The van der Waals surface area contributed by atoms with Gasteiger partial charge in [0.1, 0.15) is 0 Å². The number of aryl methyl sites for hydroxylation is 1. The molecule has 19 heavy (non-hydrogen) atoms. The van der Waals surface area contributed by atoms with E-state index in [1.54, 1.807) is 0 Å². The van der Waals surface area contributed by atoms with E-state index in [1.807, 2.05) is 6.08 Å². The summed E-state index contributed by atoms with van der Waals surface area (Å²) in [6.07, 6.45) is 10.9. The van der Waals surface area contributed by atoms with E-state index >= 15 is 0 Å². The molecular formula is C19H30. The Hall–Kier alpha value is -1.04. The minimum Gasteiger partial charge on any atom is -0.103 e. The van der Waals surface area contributed by atoms with E-state index in [9.17, 15) is 0 Å². The molecule has 0 heteroatoms. The summed E-state index contributed by atoms with van der Waals surface area (Å²) in [5.74, 6) is 0. The van der Waals surface area contributed by atoms with Gasteiger partial charge in [-0.2, -0.15) is 0 Å². The van der Waals surface area contributed by atoms with Crippen molar-refractivity contribution in [3.63, 3.8) is 0 Å². The number of hydrogen-bond donors (Lipinski definition) is 0. The largest absolute Gasteiger partial charge is 0.103 e. The first-order valence-electron chi connectivity index (χ1n) is 7.70. The fourth-order valence-corrected chi connectivity index (χ4v) is 2.41. The van der Waals surface area contributed by atoms with Crippen molar-refractivity contribution in [3.8, 4) is 0 Å². The zero-order valence-corrected chi connectivity index (χ0v) is 13.0. The highest BCUT2D eigenvalue weighted by Gasteiger charge is 2.10.